The number of hydrogen-bond acceptors (Lipinski definition) is 3. The van der Waals surface area contributed by atoms with Crippen LogP contribution >= 0.6 is 43.6 Å². The fraction of sp³-hybridized carbons (Fsp3) is 0.0909. The van der Waals surface area contributed by atoms with Gasteiger partial charge in [0.2, 0.25) is 0 Å². The van der Waals surface area contributed by atoms with E-state index in [1.807, 2.05) is 24.5 Å². The summed E-state index contributed by atoms with van der Waals surface area (Å²) in [5.41, 5.74) is 1.18. The lowest BCUT2D eigenvalue weighted by Crippen LogP contribution is -1.84. The predicted molar refractivity (Wildman–Crippen MR) is 73.4 cm³/mol. The Morgan fingerprint density at radius 1 is 1.06 bits per heavy atom. The highest BCUT2D eigenvalue weighted by Gasteiger charge is 1.99. The van der Waals surface area contributed by atoms with Gasteiger partial charge in [0, 0.05) is 33.3 Å². The van der Waals surface area contributed by atoms with Crippen molar-refractivity contribution in [2.45, 2.75) is 10.8 Å². The molecule has 0 spiro atoms. The van der Waals surface area contributed by atoms with Crippen LogP contribution in [0.1, 0.15) is 5.56 Å². The lowest BCUT2D eigenvalue weighted by atomic mass is 10.3. The summed E-state index contributed by atoms with van der Waals surface area (Å²) in [5.74, 6) is 0.876. The zero-order valence-corrected chi connectivity index (χ0v) is 12.2. The molecule has 82 valence electrons. The second-order valence-corrected chi connectivity index (χ2v) is 5.94. The van der Waals surface area contributed by atoms with Gasteiger partial charge in [-0.25, -0.2) is 4.98 Å². The number of hydrogen-bond donors (Lipinski definition) is 0. The molecule has 0 radical (unpaired) electrons. The molecule has 0 bridgehead atoms. The maximum atomic E-state index is 4.30. The summed E-state index contributed by atoms with van der Waals surface area (Å²) in [6.45, 7) is 0. The Hall–Kier alpha value is -0.390. The van der Waals surface area contributed by atoms with Gasteiger partial charge in [-0.05, 0) is 55.6 Å². The molecule has 0 N–H and O–H groups in total. The highest BCUT2D eigenvalue weighted by Crippen LogP contribution is 2.22. The van der Waals surface area contributed by atoms with E-state index in [9.17, 15) is 0 Å². The molecule has 5 heteroatoms. The van der Waals surface area contributed by atoms with Gasteiger partial charge in [-0.3, -0.25) is 4.98 Å². The summed E-state index contributed by atoms with van der Waals surface area (Å²) in [5, 5.41) is 1.02. The molecule has 2 rings (SSSR count). The van der Waals surface area contributed by atoms with Crippen molar-refractivity contribution in [2.24, 2.45) is 0 Å². The largest absolute Gasteiger partial charge is 0.263 e. The van der Waals surface area contributed by atoms with E-state index < -0.39 is 0 Å². The van der Waals surface area contributed by atoms with Crippen molar-refractivity contribution in [3.8, 4) is 0 Å². The summed E-state index contributed by atoms with van der Waals surface area (Å²) in [6, 6.07) is 6.06. The molecule has 0 aromatic carbocycles. The second-order valence-electron chi connectivity index (χ2n) is 3.11. The van der Waals surface area contributed by atoms with Gasteiger partial charge in [-0.15, -0.1) is 11.8 Å². The third-order valence-corrected chi connectivity index (χ3v) is 3.77. The number of pyridine rings is 2. The molecule has 0 fully saturated rings. The van der Waals surface area contributed by atoms with Crippen LogP contribution in [0.2, 0.25) is 0 Å². The number of thioether (sulfide) groups is 1. The van der Waals surface area contributed by atoms with Crippen molar-refractivity contribution < 1.29 is 0 Å². The molecule has 0 unspecified atom stereocenters. The van der Waals surface area contributed by atoms with Gasteiger partial charge in [0.25, 0.3) is 0 Å². The standard InChI is InChI=1S/C11H8Br2N2S/c12-9-1-2-11(15-6-9)16-7-8-3-10(13)5-14-4-8/h1-6H,7H2. The Morgan fingerprint density at radius 3 is 2.62 bits per heavy atom. The van der Waals surface area contributed by atoms with Gasteiger partial charge in [0.15, 0.2) is 0 Å². The summed E-state index contributed by atoms with van der Waals surface area (Å²) in [6.07, 6.45) is 5.46. The number of halogens is 2. The number of rotatable bonds is 3. The molecule has 2 aromatic rings. The third-order valence-electron chi connectivity index (χ3n) is 1.85. The molecule has 2 nitrogen and oxygen atoms in total. The topological polar surface area (TPSA) is 25.8 Å². The van der Waals surface area contributed by atoms with Gasteiger partial charge < -0.3 is 0 Å². The van der Waals surface area contributed by atoms with Crippen molar-refractivity contribution in [2.75, 3.05) is 0 Å². The van der Waals surface area contributed by atoms with Crippen molar-refractivity contribution in [1.29, 1.82) is 0 Å². The average Bonchev–Trinajstić information content (AvgIpc) is 2.28. The Labute approximate surface area is 115 Å². The van der Waals surface area contributed by atoms with Crippen LogP contribution in [0.3, 0.4) is 0 Å². The van der Waals surface area contributed by atoms with Gasteiger partial charge in [0.1, 0.15) is 0 Å². The molecule has 2 aromatic heterocycles. The van der Waals surface area contributed by atoms with Crippen LogP contribution in [-0.2, 0) is 5.75 Å². The van der Waals surface area contributed by atoms with Gasteiger partial charge in [0.05, 0.1) is 5.03 Å². The van der Waals surface area contributed by atoms with E-state index in [-0.39, 0.29) is 0 Å². The molecule has 16 heavy (non-hydrogen) atoms. The first kappa shape index (κ1) is 12.1. The molecule has 0 aliphatic carbocycles. The number of nitrogens with zero attached hydrogens (tertiary/aromatic N) is 2. The van der Waals surface area contributed by atoms with Gasteiger partial charge in [-0.1, -0.05) is 0 Å². The Morgan fingerprint density at radius 2 is 1.94 bits per heavy atom. The zero-order valence-electron chi connectivity index (χ0n) is 8.23. The summed E-state index contributed by atoms with van der Waals surface area (Å²) in [4.78, 5) is 8.42. The maximum absolute atomic E-state index is 4.30. The third kappa shape index (κ3) is 3.57. The molecular formula is C11H8Br2N2S. The van der Waals surface area contributed by atoms with Crippen LogP contribution in [-0.4, -0.2) is 9.97 Å². The van der Waals surface area contributed by atoms with E-state index in [4.69, 9.17) is 0 Å². The molecule has 0 aliphatic rings. The minimum absolute atomic E-state index is 0.876. The zero-order chi connectivity index (χ0) is 11.4. The first-order chi connectivity index (χ1) is 7.74. The normalized spacial score (nSPS) is 10.4. The maximum Gasteiger partial charge on any atom is 0.0963 e. The van der Waals surface area contributed by atoms with E-state index in [2.05, 4.69) is 47.9 Å². The molecule has 0 amide bonds. The predicted octanol–water partition coefficient (Wildman–Crippen LogP) is 4.29. The summed E-state index contributed by atoms with van der Waals surface area (Å²) < 4.78 is 2.01. The molecule has 0 saturated heterocycles. The second kappa shape index (κ2) is 5.80. The minimum atomic E-state index is 0.876. The van der Waals surface area contributed by atoms with E-state index in [0.717, 1.165) is 19.7 Å². The average molecular weight is 360 g/mol. The fourth-order valence-corrected chi connectivity index (χ4v) is 2.55. The lowest BCUT2D eigenvalue weighted by molar-refractivity contribution is 1.12. The fourth-order valence-electron chi connectivity index (χ4n) is 1.14. The highest BCUT2D eigenvalue weighted by atomic mass is 79.9. The molecule has 0 aliphatic heterocycles. The summed E-state index contributed by atoms with van der Waals surface area (Å²) in [7, 11) is 0. The van der Waals surface area contributed by atoms with Crippen molar-refractivity contribution in [3.63, 3.8) is 0 Å². The van der Waals surface area contributed by atoms with E-state index in [0.29, 0.717) is 0 Å². The van der Waals surface area contributed by atoms with Crippen molar-refractivity contribution in [3.05, 3.63) is 51.3 Å². The molecule has 0 saturated carbocycles. The van der Waals surface area contributed by atoms with Crippen LogP contribution in [0.5, 0.6) is 0 Å². The smallest absolute Gasteiger partial charge is 0.0963 e. The van der Waals surface area contributed by atoms with E-state index >= 15 is 0 Å². The van der Waals surface area contributed by atoms with Crippen LogP contribution in [0.15, 0.2) is 50.8 Å². The molecule has 0 atom stereocenters. The summed E-state index contributed by atoms with van der Waals surface area (Å²) >= 11 is 8.47. The van der Waals surface area contributed by atoms with Crippen molar-refractivity contribution >= 4 is 43.6 Å². The van der Waals surface area contributed by atoms with Gasteiger partial charge in [-0.2, -0.15) is 0 Å². The highest BCUT2D eigenvalue weighted by molar-refractivity contribution is 9.10. The van der Waals surface area contributed by atoms with Crippen LogP contribution < -0.4 is 0 Å². The van der Waals surface area contributed by atoms with Crippen molar-refractivity contribution in [1.82, 2.24) is 9.97 Å². The van der Waals surface area contributed by atoms with E-state index in [1.165, 1.54) is 5.56 Å². The lowest BCUT2D eigenvalue weighted by Gasteiger charge is -2.01. The first-order valence-corrected chi connectivity index (χ1v) is 7.15. The first-order valence-electron chi connectivity index (χ1n) is 4.58. The molecule has 2 heterocycles. The number of aromatic nitrogens is 2. The minimum Gasteiger partial charge on any atom is -0.263 e. The van der Waals surface area contributed by atoms with Gasteiger partial charge >= 0.3 is 0 Å². The van der Waals surface area contributed by atoms with Crippen LogP contribution in [0.4, 0.5) is 0 Å². The quantitative estimate of drug-likeness (QED) is 0.764. The SMILES string of the molecule is Brc1ccc(SCc2cncc(Br)c2)nc1. The Kier molecular flexibility index (Phi) is 4.37. The monoisotopic (exact) mass is 358 g/mol. The Balaban J connectivity index is 1.99. The molecular weight excluding hydrogens is 352 g/mol. The van der Waals surface area contributed by atoms with Crippen LogP contribution in [0.25, 0.3) is 0 Å². The van der Waals surface area contributed by atoms with E-state index in [1.54, 1.807) is 18.0 Å². The van der Waals surface area contributed by atoms with Crippen LogP contribution in [0, 0.1) is 0 Å². The Bertz CT molecular complexity index is 474.